The molecule has 3 nitrogen and oxygen atoms in total. The molecule has 0 amide bonds. The Morgan fingerprint density at radius 2 is 1.94 bits per heavy atom. The standard InChI is InChI=1S/C12H19NO2S2/c1-3-16-10-9-11(2)13-17(14,15)12-7-5-4-6-8-12/h4-8,11,13H,3,9-10H2,1-2H3. The Bertz CT molecular complexity index is 417. The average Bonchev–Trinajstić information content (AvgIpc) is 2.30. The van der Waals surface area contributed by atoms with Gasteiger partial charge in [-0.1, -0.05) is 25.1 Å². The number of thioether (sulfide) groups is 1. The third-order valence-corrected chi connectivity index (χ3v) is 4.85. The number of benzene rings is 1. The van der Waals surface area contributed by atoms with Gasteiger partial charge in [-0.25, -0.2) is 13.1 Å². The van der Waals surface area contributed by atoms with Crippen LogP contribution >= 0.6 is 11.8 Å². The van der Waals surface area contributed by atoms with Crippen molar-refractivity contribution in [1.82, 2.24) is 4.72 Å². The molecule has 0 aliphatic rings. The molecule has 0 fully saturated rings. The summed E-state index contributed by atoms with van der Waals surface area (Å²) in [6.07, 6.45) is 0.852. The summed E-state index contributed by atoms with van der Waals surface area (Å²) < 4.78 is 26.6. The van der Waals surface area contributed by atoms with Gasteiger partial charge in [0.1, 0.15) is 0 Å². The van der Waals surface area contributed by atoms with Crippen LogP contribution in [-0.2, 0) is 10.0 Å². The first-order chi connectivity index (χ1) is 8.06. The van der Waals surface area contributed by atoms with Gasteiger partial charge in [-0.15, -0.1) is 0 Å². The molecule has 1 unspecified atom stereocenters. The molecule has 1 aromatic carbocycles. The van der Waals surface area contributed by atoms with Crippen molar-refractivity contribution in [1.29, 1.82) is 0 Å². The van der Waals surface area contributed by atoms with Gasteiger partial charge in [-0.3, -0.25) is 0 Å². The van der Waals surface area contributed by atoms with E-state index in [-0.39, 0.29) is 6.04 Å². The summed E-state index contributed by atoms with van der Waals surface area (Å²) in [5, 5.41) is 0. The second-order valence-corrected chi connectivity index (χ2v) is 6.93. The molecule has 0 spiro atoms. The maximum Gasteiger partial charge on any atom is 0.240 e. The molecular formula is C12H19NO2S2. The lowest BCUT2D eigenvalue weighted by Crippen LogP contribution is -2.32. The Hall–Kier alpha value is -0.520. The second kappa shape index (κ2) is 7.03. The Kier molecular flexibility index (Phi) is 6.02. The van der Waals surface area contributed by atoms with Crippen molar-refractivity contribution in [2.24, 2.45) is 0 Å². The third-order valence-electron chi connectivity index (χ3n) is 2.31. The van der Waals surface area contributed by atoms with Crippen molar-refractivity contribution in [3.8, 4) is 0 Å². The van der Waals surface area contributed by atoms with Crippen molar-refractivity contribution in [2.75, 3.05) is 11.5 Å². The Morgan fingerprint density at radius 1 is 1.29 bits per heavy atom. The molecule has 0 radical (unpaired) electrons. The summed E-state index contributed by atoms with van der Waals surface area (Å²) in [6, 6.07) is 8.45. The zero-order chi connectivity index (χ0) is 12.7. The van der Waals surface area contributed by atoms with Gasteiger partial charge in [0.05, 0.1) is 4.90 Å². The largest absolute Gasteiger partial charge is 0.240 e. The molecule has 1 rings (SSSR count). The van der Waals surface area contributed by atoms with Crippen molar-refractivity contribution >= 4 is 21.8 Å². The van der Waals surface area contributed by atoms with Gasteiger partial charge in [0.25, 0.3) is 0 Å². The summed E-state index contributed by atoms with van der Waals surface area (Å²) >= 11 is 1.82. The smallest absolute Gasteiger partial charge is 0.208 e. The van der Waals surface area contributed by atoms with Gasteiger partial charge in [0, 0.05) is 6.04 Å². The van der Waals surface area contributed by atoms with E-state index in [2.05, 4.69) is 11.6 Å². The van der Waals surface area contributed by atoms with E-state index >= 15 is 0 Å². The van der Waals surface area contributed by atoms with Gasteiger partial charge in [0.2, 0.25) is 10.0 Å². The van der Waals surface area contributed by atoms with E-state index < -0.39 is 10.0 Å². The van der Waals surface area contributed by atoms with Crippen molar-refractivity contribution in [3.05, 3.63) is 30.3 Å². The van der Waals surface area contributed by atoms with Crippen LogP contribution in [0, 0.1) is 0 Å². The van der Waals surface area contributed by atoms with Crippen molar-refractivity contribution < 1.29 is 8.42 Å². The predicted molar refractivity (Wildman–Crippen MR) is 73.8 cm³/mol. The summed E-state index contributed by atoms with van der Waals surface area (Å²) in [7, 11) is -3.36. The zero-order valence-electron chi connectivity index (χ0n) is 10.2. The SMILES string of the molecule is CCSCCC(C)NS(=O)(=O)c1ccccc1. The first kappa shape index (κ1) is 14.5. The minimum absolute atomic E-state index is 0.0285. The molecule has 1 aromatic rings. The molecule has 0 saturated heterocycles. The van der Waals surface area contributed by atoms with Crippen LogP contribution in [0.3, 0.4) is 0 Å². The topological polar surface area (TPSA) is 46.2 Å². The van der Waals surface area contributed by atoms with Crippen molar-refractivity contribution in [3.63, 3.8) is 0 Å². The fourth-order valence-electron chi connectivity index (χ4n) is 1.40. The van der Waals surface area contributed by atoms with Gasteiger partial charge in [-0.2, -0.15) is 11.8 Å². The highest BCUT2D eigenvalue weighted by atomic mass is 32.2. The molecule has 0 bridgehead atoms. The van der Waals surface area contributed by atoms with E-state index in [0.717, 1.165) is 17.9 Å². The highest BCUT2D eigenvalue weighted by molar-refractivity contribution is 7.99. The number of nitrogens with one attached hydrogen (secondary N) is 1. The van der Waals surface area contributed by atoms with Crippen LogP contribution in [-0.4, -0.2) is 26.0 Å². The predicted octanol–water partition coefficient (Wildman–Crippen LogP) is 2.50. The van der Waals surface area contributed by atoms with E-state index in [1.165, 1.54) is 0 Å². The lowest BCUT2D eigenvalue weighted by molar-refractivity contribution is 0.557. The Balaban J connectivity index is 2.55. The highest BCUT2D eigenvalue weighted by Crippen LogP contribution is 2.10. The van der Waals surface area contributed by atoms with Crippen LogP contribution in [0.2, 0.25) is 0 Å². The molecule has 0 heterocycles. The van der Waals surface area contributed by atoms with E-state index in [1.807, 2.05) is 18.7 Å². The molecule has 1 N–H and O–H groups in total. The molecule has 1 atom stereocenters. The van der Waals surface area contributed by atoms with Crippen LogP contribution in [0.25, 0.3) is 0 Å². The first-order valence-corrected chi connectivity index (χ1v) is 8.35. The lowest BCUT2D eigenvalue weighted by Gasteiger charge is -2.13. The van der Waals surface area contributed by atoms with Crippen LogP contribution in [0.5, 0.6) is 0 Å². The number of sulfonamides is 1. The summed E-state index contributed by atoms with van der Waals surface area (Å²) in [5.74, 6) is 2.05. The zero-order valence-corrected chi connectivity index (χ0v) is 11.9. The van der Waals surface area contributed by atoms with Crippen LogP contribution < -0.4 is 4.72 Å². The van der Waals surface area contributed by atoms with Crippen LogP contribution in [0.4, 0.5) is 0 Å². The quantitative estimate of drug-likeness (QED) is 0.776. The van der Waals surface area contributed by atoms with Gasteiger partial charge >= 0.3 is 0 Å². The molecule has 0 aliphatic heterocycles. The highest BCUT2D eigenvalue weighted by Gasteiger charge is 2.16. The third kappa shape index (κ3) is 5.10. The number of hydrogen-bond acceptors (Lipinski definition) is 3. The van der Waals surface area contributed by atoms with E-state index in [4.69, 9.17) is 0 Å². The van der Waals surface area contributed by atoms with Crippen LogP contribution in [0.1, 0.15) is 20.3 Å². The minimum atomic E-state index is -3.36. The van der Waals surface area contributed by atoms with Gasteiger partial charge in [-0.05, 0) is 37.0 Å². The molecule has 0 saturated carbocycles. The number of hydrogen-bond donors (Lipinski definition) is 1. The monoisotopic (exact) mass is 273 g/mol. The first-order valence-electron chi connectivity index (χ1n) is 5.71. The number of rotatable bonds is 7. The molecule has 0 aliphatic carbocycles. The average molecular weight is 273 g/mol. The minimum Gasteiger partial charge on any atom is -0.208 e. The molecule has 96 valence electrons. The molecule has 5 heteroatoms. The maximum absolute atomic E-state index is 12.0. The normalized spacial score (nSPS) is 13.5. The lowest BCUT2D eigenvalue weighted by atomic mass is 10.3. The summed E-state index contributed by atoms with van der Waals surface area (Å²) in [6.45, 7) is 4.00. The van der Waals surface area contributed by atoms with Crippen molar-refractivity contribution in [2.45, 2.75) is 31.2 Å². The Morgan fingerprint density at radius 3 is 2.53 bits per heavy atom. The molecular weight excluding hydrogens is 254 g/mol. The maximum atomic E-state index is 12.0. The Labute approximate surface area is 108 Å². The fraction of sp³-hybridized carbons (Fsp3) is 0.500. The van der Waals surface area contributed by atoms with E-state index in [9.17, 15) is 8.42 Å². The van der Waals surface area contributed by atoms with Gasteiger partial charge in [0.15, 0.2) is 0 Å². The van der Waals surface area contributed by atoms with Crippen LogP contribution in [0.15, 0.2) is 35.2 Å². The fourth-order valence-corrected chi connectivity index (χ4v) is 3.50. The van der Waals surface area contributed by atoms with E-state index in [1.54, 1.807) is 30.3 Å². The summed E-state index contributed by atoms with van der Waals surface area (Å²) in [5.41, 5.74) is 0. The second-order valence-electron chi connectivity index (χ2n) is 3.82. The molecule has 17 heavy (non-hydrogen) atoms. The summed E-state index contributed by atoms with van der Waals surface area (Å²) in [4.78, 5) is 0.329. The molecule has 0 aromatic heterocycles. The van der Waals surface area contributed by atoms with Gasteiger partial charge < -0.3 is 0 Å². The van der Waals surface area contributed by atoms with E-state index in [0.29, 0.717) is 4.90 Å².